The number of nitrogens with zero attached hydrogens (tertiary/aromatic N) is 1. The lowest BCUT2D eigenvalue weighted by atomic mass is 10.0. The maximum Gasteiger partial charge on any atom is 0.125 e. The Morgan fingerprint density at radius 3 is 2.39 bits per heavy atom. The van der Waals surface area contributed by atoms with E-state index in [4.69, 9.17) is 5.73 Å². The van der Waals surface area contributed by atoms with E-state index in [-0.39, 0.29) is 0 Å². The molecule has 1 fully saturated rings. The summed E-state index contributed by atoms with van der Waals surface area (Å²) in [7, 11) is 0. The zero-order valence-corrected chi connectivity index (χ0v) is 10.9. The lowest BCUT2D eigenvalue weighted by Crippen LogP contribution is -2.29. The van der Waals surface area contributed by atoms with E-state index in [9.17, 15) is 4.39 Å². The molecule has 1 aliphatic rings. The van der Waals surface area contributed by atoms with Crippen molar-refractivity contribution in [2.75, 3.05) is 24.5 Å². The number of hydrogen-bond donors (Lipinski definition) is 1. The molecule has 0 bridgehead atoms. The van der Waals surface area contributed by atoms with Crippen molar-refractivity contribution in [3.8, 4) is 0 Å². The molecule has 1 unspecified atom stereocenters. The zero-order chi connectivity index (χ0) is 12.8. The lowest BCUT2D eigenvalue weighted by Gasteiger charge is -2.29. The summed E-state index contributed by atoms with van der Waals surface area (Å²) >= 11 is 0. The van der Waals surface area contributed by atoms with Gasteiger partial charge in [-0.1, -0.05) is 12.1 Å². The molecule has 1 aliphatic heterocycles. The number of nitrogens with two attached hydrogens (primary N) is 1. The van der Waals surface area contributed by atoms with Crippen molar-refractivity contribution in [3.63, 3.8) is 0 Å². The Balaban J connectivity index is 1.95. The lowest BCUT2D eigenvalue weighted by molar-refractivity contribution is 0.318. The maximum atomic E-state index is 13.8. The van der Waals surface area contributed by atoms with Gasteiger partial charge in [0.1, 0.15) is 6.17 Å². The molecule has 0 aromatic heterocycles. The minimum atomic E-state index is -0.871. The Morgan fingerprint density at radius 2 is 1.78 bits per heavy atom. The van der Waals surface area contributed by atoms with Gasteiger partial charge >= 0.3 is 0 Å². The monoisotopic (exact) mass is 250 g/mol. The van der Waals surface area contributed by atoms with Gasteiger partial charge in [0, 0.05) is 18.8 Å². The first-order valence-corrected chi connectivity index (χ1v) is 7.00. The Kier molecular flexibility index (Phi) is 5.00. The van der Waals surface area contributed by atoms with Gasteiger partial charge in [0.15, 0.2) is 0 Å². The Bertz CT molecular complexity index is 344. The molecule has 2 nitrogen and oxygen atoms in total. The highest BCUT2D eigenvalue weighted by molar-refractivity contribution is 5.48. The van der Waals surface area contributed by atoms with E-state index in [0.717, 1.165) is 25.1 Å². The molecule has 0 saturated carbocycles. The summed E-state index contributed by atoms with van der Waals surface area (Å²) in [6.45, 7) is 2.82. The Morgan fingerprint density at radius 1 is 1.11 bits per heavy atom. The van der Waals surface area contributed by atoms with Gasteiger partial charge in [-0.3, -0.25) is 0 Å². The van der Waals surface area contributed by atoms with E-state index < -0.39 is 6.17 Å². The van der Waals surface area contributed by atoms with Gasteiger partial charge in [0.25, 0.3) is 0 Å². The minimum absolute atomic E-state index is 0.527. The SMILES string of the molecule is NCCCC(F)c1ccc(N2CCCCC2)cc1. The summed E-state index contributed by atoms with van der Waals surface area (Å²) in [6, 6.07) is 7.95. The predicted molar refractivity (Wildman–Crippen MR) is 74.6 cm³/mol. The molecule has 1 atom stereocenters. The average molecular weight is 250 g/mol. The maximum absolute atomic E-state index is 13.8. The van der Waals surface area contributed by atoms with Crippen LogP contribution in [0.15, 0.2) is 24.3 Å². The number of anilines is 1. The van der Waals surface area contributed by atoms with Crippen LogP contribution >= 0.6 is 0 Å². The number of hydrogen-bond acceptors (Lipinski definition) is 2. The summed E-state index contributed by atoms with van der Waals surface area (Å²) in [5, 5.41) is 0. The largest absolute Gasteiger partial charge is 0.372 e. The van der Waals surface area contributed by atoms with E-state index >= 15 is 0 Å². The molecule has 1 saturated heterocycles. The highest BCUT2D eigenvalue weighted by atomic mass is 19.1. The molecule has 2 rings (SSSR count). The van der Waals surface area contributed by atoms with E-state index in [1.807, 2.05) is 12.1 Å². The highest BCUT2D eigenvalue weighted by Crippen LogP contribution is 2.26. The van der Waals surface area contributed by atoms with Gasteiger partial charge in [-0.15, -0.1) is 0 Å². The first-order chi connectivity index (χ1) is 8.81. The third-order valence-electron chi connectivity index (χ3n) is 3.64. The van der Waals surface area contributed by atoms with Crippen LogP contribution in [0.4, 0.5) is 10.1 Å². The van der Waals surface area contributed by atoms with Crippen molar-refractivity contribution in [3.05, 3.63) is 29.8 Å². The molecule has 0 spiro atoms. The molecule has 0 radical (unpaired) electrons. The fraction of sp³-hybridized carbons (Fsp3) is 0.600. The zero-order valence-electron chi connectivity index (χ0n) is 10.9. The first-order valence-electron chi connectivity index (χ1n) is 7.00. The molecule has 1 heterocycles. The fourth-order valence-electron chi connectivity index (χ4n) is 2.51. The highest BCUT2D eigenvalue weighted by Gasteiger charge is 2.12. The van der Waals surface area contributed by atoms with Gasteiger partial charge < -0.3 is 10.6 Å². The number of rotatable bonds is 5. The summed E-state index contributed by atoms with van der Waals surface area (Å²) in [4.78, 5) is 2.39. The Labute approximate surface area is 109 Å². The van der Waals surface area contributed by atoms with Gasteiger partial charge in [0.2, 0.25) is 0 Å². The van der Waals surface area contributed by atoms with Crippen LogP contribution in [0.5, 0.6) is 0 Å². The molecular weight excluding hydrogens is 227 g/mol. The second kappa shape index (κ2) is 6.74. The van der Waals surface area contributed by atoms with Crippen LogP contribution in [0.2, 0.25) is 0 Å². The molecule has 100 valence electrons. The summed E-state index contributed by atoms with van der Waals surface area (Å²) in [5.74, 6) is 0. The molecule has 3 heteroatoms. The van der Waals surface area contributed by atoms with Gasteiger partial charge in [-0.25, -0.2) is 4.39 Å². The fourth-order valence-corrected chi connectivity index (χ4v) is 2.51. The van der Waals surface area contributed by atoms with Crippen molar-refractivity contribution >= 4 is 5.69 Å². The van der Waals surface area contributed by atoms with E-state index in [1.165, 1.54) is 24.9 Å². The molecule has 1 aromatic rings. The summed E-state index contributed by atoms with van der Waals surface area (Å²) < 4.78 is 13.8. The summed E-state index contributed by atoms with van der Waals surface area (Å²) in [6.07, 6.45) is 4.27. The predicted octanol–water partition coefficient (Wildman–Crippen LogP) is 3.43. The first kappa shape index (κ1) is 13.3. The van der Waals surface area contributed by atoms with E-state index in [1.54, 1.807) is 0 Å². The van der Waals surface area contributed by atoms with E-state index in [2.05, 4.69) is 17.0 Å². The standard InChI is InChI=1S/C15H23FN2/c16-15(5-4-10-17)13-6-8-14(9-7-13)18-11-2-1-3-12-18/h6-9,15H,1-5,10-12,17H2. The normalized spacial score (nSPS) is 17.8. The van der Waals surface area contributed by atoms with Crippen molar-refractivity contribution < 1.29 is 4.39 Å². The second-order valence-electron chi connectivity index (χ2n) is 5.04. The molecule has 0 amide bonds. The van der Waals surface area contributed by atoms with Gasteiger partial charge in [-0.05, 0) is 56.3 Å². The van der Waals surface area contributed by atoms with Crippen molar-refractivity contribution in [1.29, 1.82) is 0 Å². The molecule has 2 N–H and O–H groups in total. The Hall–Kier alpha value is -1.09. The van der Waals surface area contributed by atoms with Crippen LogP contribution in [-0.4, -0.2) is 19.6 Å². The minimum Gasteiger partial charge on any atom is -0.372 e. The number of piperidine rings is 1. The van der Waals surface area contributed by atoms with Gasteiger partial charge in [0.05, 0.1) is 0 Å². The average Bonchev–Trinajstić information content (AvgIpc) is 2.46. The van der Waals surface area contributed by atoms with Crippen LogP contribution in [-0.2, 0) is 0 Å². The topological polar surface area (TPSA) is 29.3 Å². The van der Waals surface area contributed by atoms with Crippen LogP contribution < -0.4 is 10.6 Å². The number of benzene rings is 1. The molecule has 0 aliphatic carbocycles. The molecule has 18 heavy (non-hydrogen) atoms. The van der Waals surface area contributed by atoms with Crippen LogP contribution in [0, 0.1) is 0 Å². The number of halogens is 1. The summed E-state index contributed by atoms with van der Waals surface area (Å²) in [5.41, 5.74) is 7.41. The van der Waals surface area contributed by atoms with Crippen molar-refractivity contribution in [2.45, 2.75) is 38.3 Å². The molecular formula is C15H23FN2. The third-order valence-corrected chi connectivity index (χ3v) is 3.64. The quantitative estimate of drug-likeness (QED) is 0.867. The van der Waals surface area contributed by atoms with Crippen LogP contribution in [0.1, 0.15) is 43.8 Å². The van der Waals surface area contributed by atoms with Crippen molar-refractivity contribution in [1.82, 2.24) is 0 Å². The van der Waals surface area contributed by atoms with Crippen LogP contribution in [0.25, 0.3) is 0 Å². The second-order valence-corrected chi connectivity index (χ2v) is 5.04. The van der Waals surface area contributed by atoms with Crippen molar-refractivity contribution in [2.24, 2.45) is 5.73 Å². The van der Waals surface area contributed by atoms with Gasteiger partial charge in [-0.2, -0.15) is 0 Å². The van der Waals surface area contributed by atoms with Crippen LogP contribution in [0.3, 0.4) is 0 Å². The number of alkyl halides is 1. The smallest absolute Gasteiger partial charge is 0.125 e. The molecule has 1 aromatic carbocycles. The third kappa shape index (κ3) is 3.45. The van der Waals surface area contributed by atoms with E-state index in [0.29, 0.717) is 13.0 Å².